The summed E-state index contributed by atoms with van der Waals surface area (Å²) >= 11 is 1.71. The van der Waals surface area contributed by atoms with E-state index in [1.165, 1.54) is 4.70 Å². The summed E-state index contributed by atoms with van der Waals surface area (Å²) in [5.74, 6) is 0.936. The van der Waals surface area contributed by atoms with Crippen molar-refractivity contribution in [3.05, 3.63) is 59.1 Å². The zero-order chi connectivity index (χ0) is 15.2. The molecule has 0 bridgehead atoms. The molecule has 0 spiro atoms. The normalized spacial score (nSPS) is 11.3. The topological polar surface area (TPSA) is 22.1 Å². The van der Waals surface area contributed by atoms with Gasteiger partial charge in [-0.3, -0.25) is 0 Å². The quantitative estimate of drug-likeness (QED) is 0.549. The Bertz CT molecular complexity index is 725. The lowest BCUT2D eigenvalue weighted by atomic mass is 10.2. The lowest BCUT2D eigenvalue weighted by molar-refractivity contribution is 0.309. The number of hydrogen-bond acceptors (Lipinski definition) is 3. The van der Waals surface area contributed by atoms with Gasteiger partial charge in [0.1, 0.15) is 10.8 Å². The Kier molecular flexibility index (Phi) is 4.86. The summed E-state index contributed by atoms with van der Waals surface area (Å²) in [6.45, 7) is 2.96. The van der Waals surface area contributed by atoms with Crippen molar-refractivity contribution in [3.8, 4) is 5.75 Å². The number of fused-ring (bicyclic) bond motifs is 1. The fourth-order valence-electron chi connectivity index (χ4n) is 2.14. The van der Waals surface area contributed by atoms with E-state index in [0.29, 0.717) is 0 Å². The Balaban J connectivity index is 1.67. The van der Waals surface area contributed by atoms with Crippen LogP contribution in [0, 0.1) is 0 Å². The van der Waals surface area contributed by atoms with E-state index in [1.807, 2.05) is 30.3 Å². The molecule has 1 heterocycles. The van der Waals surface area contributed by atoms with E-state index in [-0.39, 0.29) is 0 Å². The molecule has 0 saturated carbocycles. The van der Waals surface area contributed by atoms with Crippen molar-refractivity contribution in [3.63, 3.8) is 0 Å². The van der Waals surface area contributed by atoms with E-state index in [2.05, 4.69) is 42.3 Å². The Morgan fingerprint density at radius 3 is 2.64 bits per heavy atom. The number of benzene rings is 2. The summed E-state index contributed by atoms with van der Waals surface area (Å²) in [7, 11) is 0. The molecule has 3 rings (SSSR count). The van der Waals surface area contributed by atoms with Gasteiger partial charge >= 0.3 is 0 Å². The van der Waals surface area contributed by atoms with Crippen LogP contribution in [0.3, 0.4) is 0 Å². The second-order valence-electron chi connectivity index (χ2n) is 5.12. The molecule has 0 aliphatic carbocycles. The average molecular weight is 309 g/mol. The molecule has 0 unspecified atom stereocenters. The molecule has 112 valence electrons. The summed E-state index contributed by atoms with van der Waals surface area (Å²) in [5.41, 5.74) is 2.22. The molecule has 2 aromatic carbocycles. The number of unbranched alkanes of at least 4 members (excludes halogenated alkanes) is 1. The Morgan fingerprint density at radius 1 is 1.05 bits per heavy atom. The minimum Gasteiger partial charge on any atom is -0.494 e. The molecule has 0 saturated heterocycles. The number of aromatic nitrogens is 1. The summed E-state index contributed by atoms with van der Waals surface area (Å²) in [6.07, 6.45) is 6.41. The van der Waals surface area contributed by atoms with E-state index in [4.69, 9.17) is 4.74 Å². The third kappa shape index (κ3) is 3.74. The van der Waals surface area contributed by atoms with Crippen molar-refractivity contribution < 1.29 is 4.74 Å². The van der Waals surface area contributed by atoms with E-state index in [9.17, 15) is 0 Å². The highest BCUT2D eigenvalue weighted by atomic mass is 32.1. The van der Waals surface area contributed by atoms with E-state index in [0.717, 1.165) is 41.3 Å². The minimum atomic E-state index is 0.789. The summed E-state index contributed by atoms with van der Waals surface area (Å²) in [4.78, 5) is 4.60. The molecule has 2 nitrogen and oxygen atoms in total. The van der Waals surface area contributed by atoms with Crippen molar-refractivity contribution in [1.82, 2.24) is 4.98 Å². The molecule has 3 heteroatoms. The predicted molar refractivity (Wildman–Crippen MR) is 95.4 cm³/mol. The van der Waals surface area contributed by atoms with Gasteiger partial charge in [0.05, 0.1) is 16.8 Å². The van der Waals surface area contributed by atoms with Crippen molar-refractivity contribution in [2.45, 2.75) is 19.8 Å². The summed E-state index contributed by atoms with van der Waals surface area (Å²) < 4.78 is 6.89. The maximum Gasteiger partial charge on any atom is 0.119 e. The zero-order valence-electron chi connectivity index (χ0n) is 12.7. The average Bonchev–Trinajstić information content (AvgIpc) is 2.97. The first kappa shape index (κ1) is 14.8. The fraction of sp³-hybridized carbons (Fsp3) is 0.211. The van der Waals surface area contributed by atoms with Crippen LogP contribution in [-0.2, 0) is 0 Å². The summed E-state index contributed by atoms with van der Waals surface area (Å²) in [5, 5.41) is 1.03. The smallest absolute Gasteiger partial charge is 0.119 e. The molecule has 3 aromatic rings. The second kappa shape index (κ2) is 7.23. The lowest BCUT2D eigenvalue weighted by Crippen LogP contribution is -1.95. The molecule has 0 amide bonds. The molecule has 0 N–H and O–H groups in total. The third-order valence-electron chi connectivity index (χ3n) is 3.38. The van der Waals surface area contributed by atoms with Crippen LogP contribution in [0.4, 0.5) is 0 Å². The number of nitrogens with zero attached hydrogens (tertiary/aromatic N) is 1. The molecule has 0 radical (unpaired) electrons. The van der Waals surface area contributed by atoms with Gasteiger partial charge in [0, 0.05) is 0 Å². The monoisotopic (exact) mass is 309 g/mol. The second-order valence-corrected chi connectivity index (χ2v) is 6.19. The molecule has 0 aliphatic heterocycles. The van der Waals surface area contributed by atoms with Gasteiger partial charge < -0.3 is 4.74 Å². The first-order valence-electron chi connectivity index (χ1n) is 7.61. The number of rotatable bonds is 6. The number of thiazole rings is 1. The van der Waals surface area contributed by atoms with Crippen LogP contribution in [-0.4, -0.2) is 11.6 Å². The largest absolute Gasteiger partial charge is 0.494 e. The number of para-hydroxylation sites is 1. The van der Waals surface area contributed by atoms with Crippen LogP contribution in [0.15, 0.2) is 48.5 Å². The van der Waals surface area contributed by atoms with Crippen LogP contribution in [0.1, 0.15) is 30.3 Å². The van der Waals surface area contributed by atoms with Crippen molar-refractivity contribution in [2.75, 3.05) is 6.61 Å². The third-order valence-corrected chi connectivity index (χ3v) is 4.38. The molecular formula is C19H19NOS. The van der Waals surface area contributed by atoms with Gasteiger partial charge in [0.15, 0.2) is 0 Å². The first-order chi connectivity index (χ1) is 10.8. The highest BCUT2D eigenvalue weighted by Gasteiger charge is 1.99. The van der Waals surface area contributed by atoms with Crippen LogP contribution < -0.4 is 4.74 Å². The Labute approximate surface area is 135 Å². The van der Waals surface area contributed by atoms with Gasteiger partial charge in [-0.05, 0) is 42.3 Å². The minimum absolute atomic E-state index is 0.789. The Hall–Kier alpha value is -2.13. The fourth-order valence-corrected chi connectivity index (χ4v) is 3.01. The van der Waals surface area contributed by atoms with E-state index in [1.54, 1.807) is 11.3 Å². The van der Waals surface area contributed by atoms with E-state index >= 15 is 0 Å². The van der Waals surface area contributed by atoms with Crippen LogP contribution in [0.2, 0.25) is 0 Å². The SMILES string of the molecule is CCCCOc1ccc(/C=C/c2nc3ccccc3s2)cc1. The van der Waals surface area contributed by atoms with Crippen molar-refractivity contribution in [1.29, 1.82) is 0 Å². The molecule has 1 aromatic heterocycles. The molecule has 0 atom stereocenters. The molecule has 0 fully saturated rings. The van der Waals surface area contributed by atoms with Gasteiger partial charge in [-0.2, -0.15) is 0 Å². The van der Waals surface area contributed by atoms with E-state index < -0.39 is 0 Å². The molecule has 0 aliphatic rings. The van der Waals surface area contributed by atoms with Gasteiger partial charge in [-0.15, -0.1) is 11.3 Å². The predicted octanol–water partition coefficient (Wildman–Crippen LogP) is 5.65. The van der Waals surface area contributed by atoms with Crippen LogP contribution >= 0.6 is 11.3 Å². The molecule has 22 heavy (non-hydrogen) atoms. The lowest BCUT2D eigenvalue weighted by Gasteiger charge is -2.04. The number of hydrogen-bond donors (Lipinski definition) is 0. The van der Waals surface area contributed by atoms with Crippen molar-refractivity contribution >= 4 is 33.7 Å². The highest BCUT2D eigenvalue weighted by molar-refractivity contribution is 7.19. The van der Waals surface area contributed by atoms with Gasteiger partial charge in [-0.1, -0.05) is 43.7 Å². The van der Waals surface area contributed by atoms with Gasteiger partial charge in [-0.25, -0.2) is 4.98 Å². The van der Waals surface area contributed by atoms with Gasteiger partial charge in [0.2, 0.25) is 0 Å². The summed E-state index contributed by atoms with van der Waals surface area (Å²) in [6, 6.07) is 16.4. The molecular weight excluding hydrogens is 290 g/mol. The van der Waals surface area contributed by atoms with Gasteiger partial charge in [0.25, 0.3) is 0 Å². The highest BCUT2D eigenvalue weighted by Crippen LogP contribution is 2.23. The van der Waals surface area contributed by atoms with Crippen molar-refractivity contribution in [2.24, 2.45) is 0 Å². The Morgan fingerprint density at radius 2 is 1.86 bits per heavy atom. The number of ether oxygens (including phenoxy) is 1. The van der Waals surface area contributed by atoms with Crippen LogP contribution in [0.25, 0.3) is 22.4 Å². The maximum absolute atomic E-state index is 5.67. The standard InChI is InChI=1S/C19H19NOS/c1-2-3-14-21-16-11-8-15(9-12-16)10-13-19-20-17-6-4-5-7-18(17)22-19/h4-13H,2-3,14H2,1H3/b13-10+. The van der Waals surface area contributed by atoms with Crippen LogP contribution in [0.5, 0.6) is 5.75 Å². The maximum atomic E-state index is 5.67. The first-order valence-corrected chi connectivity index (χ1v) is 8.43. The zero-order valence-corrected chi connectivity index (χ0v) is 13.5.